The van der Waals surface area contributed by atoms with Gasteiger partial charge in [0, 0.05) is 5.56 Å². The summed E-state index contributed by atoms with van der Waals surface area (Å²) in [6.07, 6.45) is 3.73. The first-order valence-electron chi connectivity index (χ1n) is 6.68. The smallest absolute Gasteiger partial charge is 0.221 e. The molecule has 1 heterocycles. The molecule has 0 N–H and O–H groups in total. The van der Waals surface area contributed by atoms with Crippen molar-refractivity contribution < 1.29 is 4.74 Å². The lowest BCUT2D eigenvalue weighted by atomic mass is 9.96. The molecule has 0 unspecified atom stereocenters. The summed E-state index contributed by atoms with van der Waals surface area (Å²) in [5.74, 6) is 2.83. The first-order chi connectivity index (χ1) is 8.51. The minimum Gasteiger partial charge on any atom is -0.474 e. The van der Waals surface area contributed by atoms with Gasteiger partial charge < -0.3 is 4.74 Å². The molecular weight excluding hydrogens is 248 g/mol. The molecule has 0 amide bonds. The van der Waals surface area contributed by atoms with Crippen LogP contribution < -0.4 is 4.74 Å². The highest BCUT2D eigenvalue weighted by Crippen LogP contribution is 2.36. The lowest BCUT2D eigenvalue weighted by Gasteiger charge is -2.15. The summed E-state index contributed by atoms with van der Waals surface area (Å²) in [6, 6.07) is 0. The summed E-state index contributed by atoms with van der Waals surface area (Å²) in [4.78, 5) is 8.48. The van der Waals surface area contributed by atoms with Gasteiger partial charge >= 0.3 is 0 Å². The van der Waals surface area contributed by atoms with Crippen LogP contribution in [0.25, 0.3) is 0 Å². The first-order valence-corrected chi connectivity index (χ1v) is 7.06. The third-order valence-electron chi connectivity index (χ3n) is 3.96. The van der Waals surface area contributed by atoms with Crippen molar-refractivity contribution in [1.29, 1.82) is 0 Å². The van der Waals surface area contributed by atoms with E-state index >= 15 is 0 Å². The Labute approximate surface area is 114 Å². The molecule has 1 aromatic rings. The third-order valence-corrected chi connectivity index (χ3v) is 4.33. The van der Waals surface area contributed by atoms with Crippen molar-refractivity contribution in [2.45, 2.75) is 53.1 Å². The van der Waals surface area contributed by atoms with Crippen LogP contribution >= 0.6 is 11.6 Å². The van der Waals surface area contributed by atoms with Crippen molar-refractivity contribution in [2.75, 3.05) is 0 Å². The van der Waals surface area contributed by atoms with Crippen LogP contribution in [0.3, 0.4) is 0 Å². The summed E-state index contributed by atoms with van der Waals surface area (Å²) in [5, 5.41) is 0.496. The number of ether oxygens (including phenoxy) is 1. The van der Waals surface area contributed by atoms with Crippen LogP contribution in [-0.2, 0) is 0 Å². The van der Waals surface area contributed by atoms with Gasteiger partial charge in [0.25, 0.3) is 0 Å². The molecule has 18 heavy (non-hydrogen) atoms. The average Bonchev–Trinajstić information content (AvgIpc) is 2.65. The lowest BCUT2D eigenvalue weighted by molar-refractivity contribution is 0.192. The largest absolute Gasteiger partial charge is 0.474 e. The Kier molecular flexibility index (Phi) is 4.10. The molecule has 1 aliphatic rings. The van der Waals surface area contributed by atoms with Crippen LogP contribution in [0.5, 0.6) is 5.88 Å². The van der Waals surface area contributed by atoms with Gasteiger partial charge in [0.05, 0.1) is 0 Å². The molecule has 1 aliphatic carbocycles. The number of hydrogen-bond donors (Lipinski definition) is 0. The normalized spacial score (nSPS) is 27.5. The fourth-order valence-corrected chi connectivity index (χ4v) is 2.98. The van der Waals surface area contributed by atoms with Gasteiger partial charge in [0.1, 0.15) is 17.1 Å². The second kappa shape index (κ2) is 5.43. The quantitative estimate of drug-likeness (QED) is 0.779. The molecule has 1 aromatic heterocycles. The molecule has 1 saturated carbocycles. The van der Waals surface area contributed by atoms with Crippen molar-refractivity contribution in [3.63, 3.8) is 0 Å². The van der Waals surface area contributed by atoms with Gasteiger partial charge in [-0.15, -0.1) is 0 Å². The molecule has 0 saturated heterocycles. The van der Waals surface area contributed by atoms with Crippen LogP contribution in [0.15, 0.2) is 0 Å². The van der Waals surface area contributed by atoms with Gasteiger partial charge in [-0.25, -0.2) is 4.98 Å². The van der Waals surface area contributed by atoms with Crippen molar-refractivity contribution >= 4 is 11.6 Å². The zero-order chi connectivity index (χ0) is 13.3. The number of aromatic nitrogens is 2. The van der Waals surface area contributed by atoms with Crippen LogP contribution in [0, 0.1) is 25.7 Å². The Morgan fingerprint density at radius 2 is 2.00 bits per heavy atom. The Bertz CT molecular complexity index is 436. The number of hydrogen-bond acceptors (Lipinski definition) is 3. The number of rotatable bonds is 3. The summed E-state index contributed by atoms with van der Waals surface area (Å²) in [7, 11) is 0. The zero-order valence-electron chi connectivity index (χ0n) is 11.5. The van der Waals surface area contributed by atoms with Gasteiger partial charge in [-0.3, -0.25) is 0 Å². The van der Waals surface area contributed by atoms with Crippen molar-refractivity contribution in [3.8, 4) is 5.88 Å². The van der Waals surface area contributed by atoms with E-state index in [1.807, 2.05) is 13.8 Å². The van der Waals surface area contributed by atoms with Gasteiger partial charge in [-0.05, 0) is 38.5 Å². The average molecular weight is 269 g/mol. The van der Waals surface area contributed by atoms with E-state index in [1.165, 1.54) is 6.42 Å². The number of halogens is 1. The highest BCUT2D eigenvalue weighted by Gasteiger charge is 2.32. The van der Waals surface area contributed by atoms with E-state index < -0.39 is 0 Å². The third kappa shape index (κ3) is 2.77. The molecule has 0 aliphatic heterocycles. The van der Waals surface area contributed by atoms with E-state index in [1.54, 1.807) is 0 Å². The minimum absolute atomic E-state index is 0.272. The van der Waals surface area contributed by atoms with Crippen LogP contribution in [-0.4, -0.2) is 16.1 Å². The standard InChI is InChI=1S/C14H21ClN2O/c1-5-11-7-12(6-8(11)2)18-14-9(3)13(15)16-10(4)17-14/h8,11-12H,5-7H2,1-4H3/t8-,11+,12-/m0/s1. The Morgan fingerprint density at radius 1 is 1.28 bits per heavy atom. The molecule has 1 fully saturated rings. The van der Waals surface area contributed by atoms with E-state index in [9.17, 15) is 0 Å². The molecule has 4 heteroatoms. The predicted molar refractivity (Wildman–Crippen MR) is 73.1 cm³/mol. The molecule has 0 spiro atoms. The number of aryl methyl sites for hydroxylation is 1. The summed E-state index contributed by atoms with van der Waals surface area (Å²) in [6.45, 7) is 8.31. The Morgan fingerprint density at radius 3 is 2.61 bits per heavy atom. The maximum absolute atomic E-state index is 6.06. The maximum Gasteiger partial charge on any atom is 0.221 e. The van der Waals surface area contributed by atoms with Gasteiger partial charge in [-0.1, -0.05) is 31.9 Å². The Balaban J connectivity index is 2.11. The second-order valence-electron chi connectivity index (χ2n) is 5.35. The van der Waals surface area contributed by atoms with Gasteiger partial charge in [0.2, 0.25) is 5.88 Å². The molecule has 0 aromatic carbocycles. The van der Waals surface area contributed by atoms with Crippen molar-refractivity contribution in [1.82, 2.24) is 9.97 Å². The van der Waals surface area contributed by atoms with E-state index in [0.717, 1.165) is 30.2 Å². The van der Waals surface area contributed by atoms with Crippen molar-refractivity contribution in [3.05, 3.63) is 16.5 Å². The van der Waals surface area contributed by atoms with Gasteiger partial charge in [-0.2, -0.15) is 4.98 Å². The highest BCUT2D eigenvalue weighted by atomic mass is 35.5. The SMILES string of the molecule is CC[C@@H]1C[C@@H](Oc2nc(C)nc(Cl)c2C)C[C@@H]1C. The van der Waals surface area contributed by atoms with Gasteiger partial charge in [0.15, 0.2) is 0 Å². The van der Waals surface area contributed by atoms with E-state index in [2.05, 4.69) is 23.8 Å². The fourth-order valence-electron chi connectivity index (χ4n) is 2.78. The molecule has 0 bridgehead atoms. The summed E-state index contributed by atoms with van der Waals surface area (Å²) in [5.41, 5.74) is 0.842. The van der Waals surface area contributed by atoms with E-state index in [0.29, 0.717) is 16.9 Å². The molecule has 3 nitrogen and oxygen atoms in total. The zero-order valence-corrected chi connectivity index (χ0v) is 12.3. The maximum atomic E-state index is 6.06. The molecule has 100 valence electrons. The second-order valence-corrected chi connectivity index (χ2v) is 5.71. The van der Waals surface area contributed by atoms with Crippen LogP contribution in [0.4, 0.5) is 0 Å². The highest BCUT2D eigenvalue weighted by molar-refractivity contribution is 6.30. The fraction of sp³-hybridized carbons (Fsp3) is 0.714. The van der Waals surface area contributed by atoms with E-state index in [-0.39, 0.29) is 6.10 Å². The topological polar surface area (TPSA) is 35.0 Å². The Hall–Kier alpha value is -0.830. The predicted octanol–water partition coefficient (Wildman–Crippen LogP) is 3.95. The summed E-state index contributed by atoms with van der Waals surface area (Å²) >= 11 is 6.06. The number of nitrogens with zero attached hydrogens (tertiary/aromatic N) is 2. The minimum atomic E-state index is 0.272. The van der Waals surface area contributed by atoms with E-state index in [4.69, 9.17) is 16.3 Å². The molecule has 0 radical (unpaired) electrons. The first kappa shape index (κ1) is 13.6. The monoisotopic (exact) mass is 268 g/mol. The van der Waals surface area contributed by atoms with Crippen LogP contribution in [0.2, 0.25) is 5.15 Å². The molecule has 3 atom stereocenters. The molecular formula is C14H21ClN2O. The summed E-state index contributed by atoms with van der Waals surface area (Å²) < 4.78 is 6.03. The van der Waals surface area contributed by atoms with Crippen LogP contribution in [0.1, 0.15) is 44.5 Å². The van der Waals surface area contributed by atoms with Crippen molar-refractivity contribution in [2.24, 2.45) is 11.8 Å². The molecule has 2 rings (SSSR count). The lowest BCUT2D eigenvalue weighted by Crippen LogP contribution is -2.14.